The van der Waals surface area contributed by atoms with Gasteiger partial charge in [-0.05, 0) is 42.1 Å². The fourth-order valence-electron chi connectivity index (χ4n) is 2.16. The molecule has 0 aliphatic carbocycles. The van der Waals surface area contributed by atoms with Crippen molar-refractivity contribution in [3.63, 3.8) is 0 Å². The van der Waals surface area contributed by atoms with Gasteiger partial charge in [0.25, 0.3) is 0 Å². The highest BCUT2D eigenvalue weighted by atomic mass is 79.9. The van der Waals surface area contributed by atoms with Gasteiger partial charge in [-0.25, -0.2) is 4.98 Å². The van der Waals surface area contributed by atoms with Crippen LogP contribution in [0.1, 0.15) is 5.56 Å². The zero-order valence-corrected chi connectivity index (χ0v) is 17.5. The lowest BCUT2D eigenvalue weighted by molar-refractivity contribution is -0.122. The molecule has 2 aromatic heterocycles. The number of halogens is 1. The molecule has 0 fully saturated rings. The molecule has 2 amide bonds. The van der Waals surface area contributed by atoms with Crippen LogP contribution in [0, 0.1) is 6.92 Å². The van der Waals surface area contributed by atoms with Crippen molar-refractivity contribution in [3.8, 4) is 10.7 Å². The number of anilines is 1. The Bertz CT molecular complexity index is 943. The van der Waals surface area contributed by atoms with Gasteiger partial charge in [0.05, 0.1) is 17.2 Å². The van der Waals surface area contributed by atoms with Crippen LogP contribution < -0.4 is 10.6 Å². The molecular formula is C17H16BrN5O2S2. The Hall–Kier alpha value is -2.17. The number of amides is 2. The highest BCUT2D eigenvalue weighted by Gasteiger charge is 2.11. The molecule has 0 atom stereocenters. The van der Waals surface area contributed by atoms with E-state index in [4.69, 9.17) is 0 Å². The van der Waals surface area contributed by atoms with E-state index in [2.05, 4.69) is 41.7 Å². The Morgan fingerprint density at radius 3 is 2.89 bits per heavy atom. The number of nitrogens with one attached hydrogen (secondary N) is 3. The highest BCUT2D eigenvalue weighted by molar-refractivity contribution is 9.10. The summed E-state index contributed by atoms with van der Waals surface area (Å²) in [6.07, 6.45) is 0. The molecule has 3 aromatic rings. The zero-order chi connectivity index (χ0) is 19.2. The average Bonchev–Trinajstić information content (AvgIpc) is 3.32. The first-order chi connectivity index (χ1) is 13.0. The Morgan fingerprint density at radius 1 is 1.30 bits per heavy atom. The number of rotatable bonds is 7. The van der Waals surface area contributed by atoms with Crippen LogP contribution in [0.15, 0.2) is 45.3 Å². The normalized spacial score (nSPS) is 10.6. The number of nitrogens with zero attached hydrogens (tertiary/aromatic N) is 2. The summed E-state index contributed by atoms with van der Waals surface area (Å²) in [4.78, 5) is 29.2. The summed E-state index contributed by atoms with van der Waals surface area (Å²) in [5, 5.41) is 14.7. The molecule has 7 nitrogen and oxygen atoms in total. The number of benzene rings is 1. The number of aryl methyl sites for hydroxylation is 1. The van der Waals surface area contributed by atoms with Gasteiger partial charge in [0.15, 0.2) is 5.82 Å². The van der Waals surface area contributed by atoms with E-state index in [0.29, 0.717) is 16.7 Å². The molecule has 140 valence electrons. The lowest BCUT2D eigenvalue weighted by Gasteiger charge is -2.09. The summed E-state index contributed by atoms with van der Waals surface area (Å²) in [6.45, 7) is 1.81. The molecule has 1 aromatic carbocycles. The minimum Gasteiger partial charge on any atom is -0.346 e. The molecule has 0 aliphatic heterocycles. The molecule has 0 saturated carbocycles. The van der Waals surface area contributed by atoms with Crippen molar-refractivity contribution in [2.24, 2.45) is 0 Å². The fourth-order valence-corrected chi connectivity index (χ4v) is 3.92. The molecule has 0 aliphatic rings. The van der Waals surface area contributed by atoms with Gasteiger partial charge in [0, 0.05) is 10.2 Å². The summed E-state index contributed by atoms with van der Waals surface area (Å²) in [6, 6.07) is 9.44. The third-order valence-corrected chi connectivity index (χ3v) is 5.68. The number of thiophene rings is 1. The van der Waals surface area contributed by atoms with E-state index in [1.807, 2.05) is 42.6 Å². The molecule has 3 N–H and O–H groups in total. The molecule has 2 heterocycles. The molecule has 0 bridgehead atoms. The minimum atomic E-state index is -0.281. The van der Waals surface area contributed by atoms with Crippen LogP contribution in [0.2, 0.25) is 0 Å². The Labute approximate surface area is 172 Å². The maximum atomic E-state index is 12.0. The van der Waals surface area contributed by atoms with Crippen LogP contribution in [0.3, 0.4) is 0 Å². The topological polar surface area (TPSA) is 99.8 Å². The number of carbonyl (C=O) groups excluding carboxylic acids is 2. The van der Waals surface area contributed by atoms with Gasteiger partial charge < -0.3 is 10.6 Å². The molecular weight excluding hydrogens is 450 g/mol. The monoisotopic (exact) mass is 465 g/mol. The van der Waals surface area contributed by atoms with Crippen LogP contribution >= 0.6 is 39.0 Å². The molecule has 3 rings (SSSR count). The van der Waals surface area contributed by atoms with Gasteiger partial charge in [0.1, 0.15) is 0 Å². The molecule has 0 radical (unpaired) electrons. The van der Waals surface area contributed by atoms with Crippen molar-refractivity contribution in [3.05, 3.63) is 45.7 Å². The van der Waals surface area contributed by atoms with Gasteiger partial charge in [0.2, 0.25) is 17.0 Å². The van der Waals surface area contributed by atoms with Crippen LogP contribution in [-0.4, -0.2) is 39.3 Å². The van der Waals surface area contributed by atoms with E-state index in [9.17, 15) is 9.59 Å². The molecule has 0 spiro atoms. The molecule has 0 saturated heterocycles. The summed E-state index contributed by atoms with van der Waals surface area (Å²) < 4.78 is 0.942. The van der Waals surface area contributed by atoms with Crippen molar-refractivity contribution in [2.75, 3.05) is 17.6 Å². The SMILES string of the molecule is Cc1cc(Br)ccc1NC(=O)CNC(=O)CSc1n[nH]c(-c2cccs2)n1. The second-order valence-corrected chi connectivity index (χ2v) is 8.32. The predicted octanol–water partition coefficient (Wildman–Crippen LogP) is 3.45. The first-order valence-corrected chi connectivity index (χ1v) is 10.6. The minimum absolute atomic E-state index is 0.0939. The number of aromatic nitrogens is 3. The quantitative estimate of drug-likeness (QED) is 0.464. The summed E-state index contributed by atoms with van der Waals surface area (Å²) in [7, 11) is 0. The van der Waals surface area contributed by atoms with Crippen molar-refractivity contribution < 1.29 is 9.59 Å². The van der Waals surface area contributed by atoms with E-state index in [1.54, 1.807) is 11.3 Å². The number of hydrogen-bond donors (Lipinski definition) is 3. The lowest BCUT2D eigenvalue weighted by atomic mass is 10.2. The second kappa shape index (κ2) is 9.16. The third kappa shape index (κ3) is 5.65. The van der Waals surface area contributed by atoms with Gasteiger partial charge in [-0.15, -0.1) is 16.4 Å². The first-order valence-electron chi connectivity index (χ1n) is 7.93. The maximum absolute atomic E-state index is 12.0. The average molecular weight is 466 g/mol. The van der Waals surface area contributed by atoms with Gasteiger partial charge in [-0.1, -0.05) is 33.8 Å². The summed E-state index contributed by atoms with van der Waals surface area (Å²) in [5.41, 5.74) is 1.65. The van der Waals surface area contributed by atoms with E-state index in [-0.39, 0.29) is 24.1 Å². The maximum Gasteiger partial charge on any atom is 0.243 e. The molecule has 27 heavy (non-hydrogen) atoms. The molecule has 0 unspecified atom stereocenters. The standard InChI is InChI=1S/C17H16BrN5O2S2/c1-10-7-11(18)4-5-12(10)20-14(24)8-19-15(25)9-27-17-21-16(22-23-17)13-3-2-6-26-13/h2-7H,8-9H2,1H3,(H,19,25)(H,20,24)(H,21,22,23). The van der Waals surface area contributed by atoms with Crippen molar-refractivity contribution in [2.45, 2.75) is 12.1 Å². The van der Waals surface area contributed by atoms with E-state index < -0.39 is 0 Å². The largest absolute Gasteiger partial charge is 0.346 e. The smallest absolute Gasteiger partial charge is 0.243 e. The fraction of sp³-hybridized carbons (Fsp3) is 0.176. The zero-order valence-electron chi connectivity index (χ0n) is 14.3. The van der Waals surface area contributed by atoms with E-state index >= 15 is 0 Å². The van der Waals surface area contributed by atoms with Gasteiger partial charge in [-0.2, -0.15) is 0 Å². The number of carbonyl (C=O) groups is 2. The van der Waals surface area contributed by atoms with Gasteiger partial charge >= 0.3 is 0 Å². The van der Waals surface area contributed by atoms with E-state index in [0.717, 1.165) is 14.9 Å². The summed E-state index contributed by atoms with van der Waals surface area (Å²) in [5.74, 6) is 0.269. The highest BCUT2D eigenvalue weighted by Crippen LogP contribution is 2.23. The van der Waals surface area contributed by atoms with Crippen LogP contribution in [0.25, 0.3) is 10.7 Å². The Kier molecular flexibility index (Phi) is 6.64. The first kappa shape index (κ1) is 19.6. The van der Waals surface area contributed by atoms with Crippen LogP contribution in [0.4, 0.5) is 5.69 Å². The van der Waals surface area contributed by atoms with Crippen molar-refractivity contribution >= 4 is 56.5 Å². The molecule has 10 heteroatoms. The van der Waals surface area contributed by atoms with Gasteiger partial charge in [-0.3, -0.25) is 14.7 Å². The van der Waals surface area contributed by atoms with Crippen molar-refractivity contribution in [1.82, 2.24) is 20.5 Å². The number of aromatic amines is 1. The Balaban J connectivity index is 1.42. The predicted molar refractivity (Wildman–Crippen MR) is 111 cm³/mol. The third-order valence-electron chi connectivity index (χ3n) is 3.46. The van der Waals surface area contributed by atoms with Crippen molar-refractivity contribution in [1.29, 1.82) is 0 Å². The van der Waals surface area contributed by atoms with E-state index in [1.165, 1.54) is 11.8 Å². The number of thioether (sulfide) groups is 1. The Morgan fingerprint density at radius 2 is 2.15 bits per heavy atom. The number of hydrogen-bond acceptors (Lipinski definition) is 6. The van der Waals surface area contributed by atoms with Crippen LogP contribution in [-0.2, 0) is 9.59 Å². The lowest BCUT2D eigenvalue weighted by Crippen LogP contribution is -2.34. The second-order valence-electron chi connectivity index (χ2n) is 5.52. The van der Waals surface area contributed by atoms with Crippen LogP contribution in [0.5, 0.6) is 0 Å². The number of H-pyrrole nitrogens is 1. The summed E-state index contributed by atoms with van der Waals surface area (Å²) >= 11 is 6.14.